The Kier molecular flexibility index (Phi) is 8.85. The van der Waals surface area contributed by atoms with E-state index in [9.17, 15) is 9.59 Å². The zero-order valence-electron chi connectivity index (χ0n) is 24.8. The molecule has 0 unspecified atom stereocenters. The van der Waals surface area contributed by atoms with Gasteiger partial charge in [0.15, 0.2) is 11.6 Å². The van der Waals surface area contributed by atoms with Gasteiger partial charge in [0.2, 0.25) is 0 Å². The van der Waals surface area contributed by atoms with Gasteiger partial charge in [0.05, 0.1) is 10.3 Å². The molecule has 2 amide bonds. The molecular formula is C32H36N6O3S2. The first-order chi connectivity index (χ1) is 20.9. The largest absolute Gasteiger partial charge is 0.492 e. The van der Waals surface area contributed by atoms with Gasteiger partial charge in [0.25, 0.3) is 11.8 Å². The number of rotatable bonds is 11. The van der Waals surface area contributed by atoms with Crippen LogP contribution in [0.15, 0.2) is 53.4 Å². The normalized spacial score (nSPS) is 16.3. The third-order valence-electron chi connectivity index (χ3n) is 7.94. The molecule has 2 aliphatic heterocycles. The molecule has 43 heavy (non-hydrogen) atoms. The third-order valence-corrected chi connectivity index (χ3v) is 10.0. The molecule has 1 saturated heterocycles. The van der Waals surface area contributed by atoms with E-state index in [0.29, 0.717) is 23.8 Å². The number of imide groups is 1. The van der Waals surface area contributed by atoms with Crippen molar-refractivity contribution in [3.8, 4) is 26.9 Å². The molecule has 224 valence electrons. The van der Waals surface area contributed by atoms with E-state index in [0.717, 1.165) is 74.6 Å². The Balaban J connectivity index is 1.18. The van der Waals surface area contributed by atoms with Gasteiger partial charge in [0, 0.05) is 49.3 Å². The molecule has 9 nitrogen and oxygen atoms in total. The van der Waals surface area contributed by atoms with Crippen molar-refractivity contribution in [2.24, 2.45) is 0 Å². The molecular weight excluding hydrogens is 581 g/mol. The number of fused-ring (bicyclic) bond motifs is 1. The monoisotopic (exact) mass is 616 g/mol. The van der Waals surface area contributed by atoms with Crippen LogP contribution in [0.3, 0.4) is 0 Å². The second kappa shape index (κ2) is 12.9. The lowest BCUT2D eigenvalue weighted by molar-refractivity contribution is -0.135. The van der Waals surface area contributed by atoms with Crippen LogP contribution >= 0.6 is 22.7 Å². The summed E-state index contributed by atoms with van der Waals surface area (Å²) >= 11 is 3.11. The smallest absolute Gasteiger partial charge is 0.275 e. The van der Waals surface area contributed by atoms with Gasteiger partial charge >= 0.3 is 0 Å². The number of piperazine rings is 1. The SMILES string of the molecule is CCCCN1CCN(CCOc2ccc(-c3sc4nc(-c5cccs5)nc(NN5C(=O)C=C(C)C5=O)c4c3C)cc2)CC1. The van der Waals surface area contributed by atoms with E-state index in [2.05, 4.69) is 34.3 Å². The molecule has 0 spiro atoms. The van der Waals surface area contributed by atoms with Crippen molar-refractivity contribution in [1.82, 2.24) is 24.8 Å². The number of anilines is 1. The van der Waals surface area contributed by atoms with Crippen molar-refractivity contribution in [2.45, 2.75) is 33.6 Å². The van der Waals surface area contributed by atoms with Crippen molar-refractivity contribution in [3.63, 3.8) is 0 Å². The number of amides is 2. The number of carbonyl (C=O) groups is 2. The summed E-state index contributed by atoms with van der Waals surface area (Å²) in [5.74, 6) is 1.04. The average Bonchev–Trinajstić information content (AvgIpc) is 3.73. The summed E-state index contributed by atoms with van der Waals surface area (Å²) in [6.07, 6.45) is 3.86. The van der Waals surface area contributed by atoms with Crippen LogP contribution in [-0.4, -0.2) is 82.5 Å². The van der Waals surface area contributed by atoms with Gasteiger partial charge in [-0.2, -0.15) is 5.01 Å². The van der Waals surface area contributed by atoms with E-state index in [1.165, 1.54) is 36.8 Å². The number of nitrogens with zero attached hydrogens (tertiary/aromatic N) is 5. The predicted octanol–water partition coefficient (Wildman–Crippen LogP) is 5.83. The molecule has 2 aliphatic rings. The topological polar surface area (TPSA) is 90.9 Å². The van der Waals surface area contributed by atoms with Gasteiger partial charge in [-0.3, -0.25) is 19.9 Å². The van der Waals surface area contributed by atoms with E-state index in [1.54, 1.807) is 18.3 Å². The van der Waals surface area contributed by atoms with Gasteiger partial charge in [-0.1, -0.05) is 19.4 Å². The van der Waals surface area contributed by atoms with Gasteiger partial charge in [-0.05, 0) is 73.7 Å². The number of hydrogen-bond acceptors (Lipinski definition) is 10. The van der Waals surface area contributed by atoms with E-state index >= 15 is 0 Å². The van der Waals surface area contributed by atoms with Crippen molar-refractivity contribution in [3.05, 3.63) is 59.0 Å². The minimum atomic E-state index is -0.412. The first-order valence-corrected chi connectivity index (χ1v) is 16.5. The molecule has 0 aliphatic carbocycles. The predicted molar refractivity (Wildman–Crippen MR) is 173 cm³/mol. The molecule has 0 saturated carbocycles. The first-order valence-electron chi connectivity index (χ1n) is 14.8. The molecule has 6 rings (SSSR count). The third kappa shape index (κ3) is 6.35. The second-order valence-corrected chi connectivity index (χ2v) is 12.9. The number of ether oxygens (including phenoxy) is 1. The zero-order valence-corrected chi connectivity index (χ0v) is 26.4. The number of carbonyl (C=O) groups excluding carboxylic acids is 2. The maximum atomic E-state index is 12.6. The highest BCUT2D eigenvalue weighted by atomic mass is 32.1. The van der Waals surface area contributed by atoms with Crippen LogP contribution in [0, 0.1) is 6.92 Å². The highest BCUT2D eigenvalue weighted by molar-refractivity contribution is 7.22. The zero-order chi connectivity index (χ0) is 29.9. The molecule has 4 aromatic rings. The molecule has 1 fully saturated rings. The van der Waals surface area contributed by atoms with E-state index in [4.69, 9.17) is 14.7 Å². The Bertz CT molecular complexity index is 1640. The van der Waals surface area contributed by atoms with E-state index in [-0.39, 0.29) is 5.91 Å². The average molecular weight is 617 g/mol. The van der Waals surface area contributed by atoms with Crippen LogP contribution < -0.4 is 10.2 Å². The fraction of sp³-hybridized carbons (Fsp3) is 0.375. The minimum Gasteiger partial charge on any atom is -0.492 e. The Morgan fingerprint density at radius 1 is 0.977 bits per heavy atom. The summed E-state index contributed by atoms with van der Waals surface area (Å²) in [7, 11) is 0. The fourth-order valence-electron chi connectivity index (χ4n) is 5.42. The summed E-state index contributed by atoms with van der Waals surface area (Å²) in [5.41, 5.74) is 5.42. The maximum Gasteiger partial charge on any atom is 0.275 e. The number of aromatic nitrogens is 2. The van der Waals surface area contributed by atoms with Crippen molar-refractivity contribution >= 4 is 50.5 Å². The number of hydrazine groups is 1. The lowest BCUT2D eigenvalue weighted by Gasteiger charge is -2.34. The molecule has 1 N–H and O–H groups in total. The van der Waals surface area contributed by atoms with Crippen molar-refractivity contribution in [2.75, 3.05) is 51.3 Å². The van der Waals surface area contributed by atoms with Crippen LogP contribution in [0.1, 0.15) is 32.3 Å². The summed E-state index contributed by atoms with van der Waals surface area (Å²) in [5, 5.41) is 3.78. The number of unbranched alkanes of at least 4 members (excludes halogenated alkanes) is 1. The van der Waals surface area contributed by atoms with Gasteiger partial charge in [0.1, 0.15) is 17.2 Å². The lowest BCUT2D eigenvalue weighted by Crippen LogP contribution is -2.47. The molecule has 0 atom stereocenters. The summed E-state index contributed by atoms with van der Waals surface area (Å²) in [6, 6.07) is 12.1. The summed E-state index contributed by atoms with van der Waals surface area (Å²) < 4.78 is 6.10. The molecule has 5 heterocycles. The number of aryl methyl sites for hydroxylation is 1. The maximum absolute atomic E-state index is 12.6. The molecule has 1 aromatic carbocycles. The number of hydrogen-bond donors (Lipinski definition) is 1. The molecule has 0 bridgehead atoms. The minimum absolute atomic E-state index is 0.382. The number of nitrogens with one attached hydrogen (secondary N) is 1. The number of benzene rings is 1. The Hall–Kier alpha value is -3.64. The Morgan fingerprint density at radius 3 is 2.37 bits per heavy atom. The lowest BCUT2D eigenvalue weighted by atomic mass is 10.1. The van der Waals surface area contributed by atoms with Crippen LogP contribution in [0.4, 0.5) is 5.82 Å². The summed E-state index contributed by atoms with van der Waals surface area (Å²) in [6.45, 7) is 13.2. The quantitative estimate of drug-likeness (QED) is 0.211. The van der Waals surface area contributed by atoms with Crippen LogP contribution in [-0.2, 0) is 9.59 Å². The fourth-order valence-corrected chi connectivity index (χ4v) is 7.27. The van der Waals surface area contributed by atoms with Gasteiger partial charge in [-0.15, -0.1) is 22.7 Å². The van der Waals surface area contributed by atoms with Gasteiger partial charge < -0.3 is 9.64 Å². The van der Waals surface area contributed by atoms with Crippen LogP contribution in [0.25, 0.3) is 31.4 Å². The Labute approximate surface area is 259 Å². The first kappa shape index (κ1) is 29.4. The standard InChI is InChI=1S/C32H36N6O3S2/c1-4-5-12-36-13-15-37(16-14-36)17-18-41-24-10-8-23(9-11-24)28-22(3)27-30(35-38-26(39)20-21(2)32(38)40)33-29(34-31(27)43-28)25-7-6-19-42-25/h6-11,19-20H,4-5,12-18H2,1-3H3,(H,33,34,35). The van der Waals surface area contributed by atoms with Crippen LogP contribution in [0.5, 0.6) is 5.75 Å². The molecule has 3 aromatic heterocycles. The van der Waals surface area contributed by atoms with Crippen molar-refractivity contribution < 1.29 is 14.3 Å². The highest BCUT2D eigenvalue weighted by Gasteiger charge is 2.30. The second-order valence-electron chi connectivity index (χ2n) is 10.9. The highest BCUT2D eigenvalue weighted by Crippen LogP contribution is 2.42. The summed E-state index contributed by atoms with van der Waals surface area (Å²) in [4.78, 5) is 42.6. The molecule has 0 radical (unpaired) electrons. The van der Waals surface area contributed by atoms with Crippen LogP contribution in [0.2, 0.25) is 0 Å². The van der Waals surface area contributed by atoms with E-state index in [1.807, 2.05) is 36.6 Å². The number of thiophene rings is 2. The Morgan fingerprint density at radius 2 is 1.72 bits per heavy atom. The van der Waals surface area contributed by atoms with E-state index < -0.39 is 5.91 Å². The van der Waals surface area contributed by atoms with Crippen molar-refractivity contribution in [1.29, 1.82) is 0 Å². The molecule has 11 heteroatoms. The van der Waals surface area contributed by atoms with Gasteiger partial charge in [-0.25, -0.2) is 9.97 Å².